The monoisotopic (exact) mass is 1150 g/mol. The quantitative estimate of drug-likeness (QED) is 0.0650. The molecule has 350 valence electrons. The second-order valence-electron chi connectivity index (χ2n) is 16.4. The van der Waals surface area contributed by atoms with Gasteiger partial charge in [0.05, 0.1) is 60.3 Å². The van der Waals surface area contributed by atoms with Gasteiger partial charge in [-0.3, -0.25) is 0 Å². The number of rotatable bonds is 12. The van der Waals surface area contributed by atoms with Crippen LogP contribution in [0.5, 0.6) is 0 Å². The molecule has 0 aromatic heterocycles. The van der Waals surface area contributed by atoms with E-state index < -0.39 is 23.7 Å². The summed E-state index contributed by atoms with van der Waals surface area (Å²) in [6.45, 7) is 0. The highest BCUT2D eigenvalue weighted by Crippen LogP contribution is 2.60. The van der Waals surface area contributed by atoms with E-state index in [1.165, 1.54) is 0 Å². The van der Waals surface area contributed by atoms with Gasteiger partial charge in [-0.1, -0.05) is 321 Å². The minimum atomic E-state index is -1.30. The third kappa shape index (κ3) is 9.60. The Morgan fingerprint density at radius 1 is 0.157 bits per heavy atom. The van der Waals surface area contributed by atoms with Crippen LogP contribution in [0.2, 0.25) is 60.3 Å². The molecule has 0 heterocycles. The molecule has 0 N–H and O–H groups in total. The fourth-order valence-electron chi connectivity index (χ4n) is 9.42. The molecule has 0 aliphatic rings. The summed E-state index contributed by atoms with van der Waals surface area (Å²) in [7, 11) is 0. The Hall–Kier alpha value is -3.54. The van der Waals surface area contributed by atoms with Gasteiger partial charge < -0.3 is 0 Å². The molecular weight excluding hydrogens is 1120 g/mol. The Balaban J connectivity index is 1.47. The van der Waals surface area contributed by atoms with Crippen LogP contribution in [0.25, 0.3) is 0 Å². The van der Waals surface area contributed by atoms with Crippen LogP contribution in [0.4, 0.5) is 0 Å². The average molecular weight is 1160 g/mol. The lowest BCUT2D eigenvalue weighted by molar-refractivity contribution is 0.916. The first-order valence-corrected chi connectivity index (χ1v) is 26.2. The third-order valence-corrected chi connectivity index (χ3v) is 17.8. The molecule has 9 aromatic carbocycles. The van der Waals surface area contributed by atoms with Crippen LogP contribution < -0.4 is 0 Å². The molecule has 0 aliphatic carbocycles. The summed E-state index contributed by atoms with van der Waals surface area (Å²) < 4.78 is 0. The summed E-state index contributed by atoms with van der Waals surface area (Å²) in [4.78, 5) is 0. The van der Waals surface area contributed by atoms with Gasteiger partial charge in [0.1, 0.15) is 0 Å². The minimum Gasteiger partial charge on any atom is -0.0836 e. The molecule has 0 bridgehead atoms. The molecule has 0 nitrogen and oxygen atoms in total. The Morgan fingerprint density at radius 2 is 0.300 bits per heavy atom. The zero-order valence-electron chi connectivity index (χ0n) is 36.2. The van der Waals surface area contributed by atoms with E-state index in [1.54, 1.807) is 0 Å². The van der Waals surface area contributed by atoms with E-state index in [-0.39, 0.29) is 77.0 Å². The Kier molecular flexibility index (Phi) is 16.4. The van der Waals surface area contributed by atoms with E-state index in [9.17, 15) is 0 Å². The van der Waals surface area contributed by atoms with Crippen LogP contribution in [0.15, 0.2) is 182 Å². The topological polar surface area (TPSA) is 0 Å². The molecule has 0 saturated heterocycles. The van der Waals surface area contributed by atoms with E-state index in [1.807, 2.05) is 182 Å². The van der Waals surface area contributed by atoms with Gasteiger partial charge in [-0.25, -0.2) is 0 Å². The fraction of sp³-hybridized carbons (Fsp3) is 0.0690. The molecule has 9 aromatic rings. The van der Waals surface area contributed by atoms with Crippen LogP contribution in [0.3, 0.4) is 0 Å². The lowest BCUT2D eigenvalue weighted by Gasteiger charge is -2.33. The van der Waals surface area contributed by atoms with Crippen molar-refractivity contribution in [2.24, 2.45) is 0 Å². The Labute approximate surface area is 467 Å². The summed E-state index contributed by atoms with van der Waals surface area (Å²) in [6.07, 6.45) is 0. The first-order chi connectivity index (χ1) is 33.8. The molecule has 0 aliphatic heterocycles. The van der Waals surface area contributed by atoms with Gasteiger partial charge in [0, 0.05) is 57.1 Å². The number of hydrogen-bond donors (Lipinski definition) is 0. The molecular formula is C58H34Cl12. The van der Waals surface area contributed by atoms with E-state index in [0.717, 1.165) is 33.4 Å². The van der Waals surface area contributed by atoms with Crippen LogP contribution in [0, 0.1) is 0 Å². The highest BCUT2D eigenvalue weighted by Gasteiger charge is 2.41. The smallest absolute Gasteiger partial charge is 0.0785 e. The average Bonchev–Trinajstić information content (AvgIpc) is 3.39. The lowest BCUT2D eigenvalue weighted by Crippen LogP contribution is -2.16. The molecule has 9 rings (SSSR count). The van der Waals surface area contributed by atoms with Gasteiger partial charge in [0.2, 0.25) is 0 Å². The normalized spacial score (nSPS) is 11.7. The second-order valence-corrected chi connectivity index (χ2v) is 21.0. The highest BCUT2D eigenvalue weighted by atomic mass is 35.5. The van der Waals surface area contributed by atoms with Crippen molar-refractivity contribution >= 4 is 139 Å². The zero-order valence-corrected chi connectivity index (χ0v) is 45.2. The lowest BCUT2D eigenvalue weighted by atomic mass is 9.77. The highest BCUT2D eigenvalue weighted by molar-refractivity contribution is 6.53. The first-order valence-electron chi connectivity index (χ1n) is 21.7. The molecule has 0 radical (unpaired) electrons. The fourth-order valence-corrected chi connectivity index (χ4v) is 13.5. The summed E-state index contributed by atoms with van der Waals surface area (Å²) in [5.74, 6) is -3.04. The van der Waals surface area contributed by atoms with Crippen molar-refractivity contribution in [2.45, 2.75) is 23.7 Å². The standard InChI is InChI=1S/C58H34Cl12/c59-47-41(37(31-19-7-1-8-20-31)32-21-9-2-10-22-32)50(62)56(68)53(65)44(47)40(45-48(60)42(51(63)57(69)54(45)66)38(33-23-11-3-12-24-33)34-25-13-4-14-26-34)46-49(61)43(52(64)58(70)55(46)67)39(35-27-15-5-16-28-35)36-29-17-6-18-30-36/h1-30,37-40H. The van der Waals surface area contributed by atoms with Crippen molar-refractivity contribution in [2.75, 3.05) is 0 Å². The van der Waals surface area contributed by atoms with Crippen molar-refractivity contribution in [3.05, 3.63) is 309 Å². The number of hydrogen-bond acceptors (Lipinski definition) is 0. The molecule has 70 heavy (non-hydrogen) atoms. The predicted molar refractivity (Wildman–Crippen MR) is 302 cm³/mol. The summed E-state index contributed by atoms with van der Waals surface area (Å²) in [5, 5.41) is 0.617. The number of benzene rings is 9. The van der Waals surface area contributed by atoms with Crippen molar-refractivity contribution in [1.82, 2.24) is 0 Å². The van der Waals surface area contributed by atoms with Crippen LogP contribution in [-0.2, 0) is 0 Å². The van der Waals surface area contributed by atoms with E-state index in [4.69, 9.17) is 139 Å². The Bertz CT molecular complexity index is 2860. The maximum atomic E-state index is 8.00. The maximum Gasteiger partial charge on any atom is 0.0785 e. The maximum absolute atomic E-state index is 8.00. The minimum absolute atomic E-state index is 0.00227. The Morgan fingerprint density at radius 3 is 0.457 bits per heavy atom. The van der Waals surface area contributed by atoms with Gasteiger partial charge in [0.25, 0.3) is 0 Å². The first kappa shape index (κ1) is 51.4. The molecule has 0 saturated carbocycles. The summed E-state index contributed by atoms with van der Waals surface area (Å²) in [6, 6.07) is 58.7. The van der Waals surface area contributed by atoms with Crippen molar-refractivity contribution < 1.29 is 0 Å². The third-order valence-electron chi connectivity index (χ3n) is 12.5. The SMILES string of the molecule is Clc1c(Cl)c(C(c2ccccc2)c2ccccc2)c(Cl)c(C(c2c(Cl)c(Cl)c(Cl)c(C(c3ccccc3)c3ccccc3)c2Cl)c2c(Cl)c(Cl)c(Cl)c(C(c3ccccc3)c3ccccc3)c2Cl)c1Cl. The van der Waals surface area contributed by atoms with Gasteiger partial charge in [-0.15, -0.1) is 0 Å². The largest absolute Gasteiger partial charge is 0.0836 e. The van der Waals surface area contributed by atoms with E-state index >= 15 is 0 Å². The van der Waals surface area contributed by atoms with Crippen LogP contribution in [-0.4, -0.2) is 0 Å². The zero-order chi connectivity index (χ0) is 49.4. The van der Waals surface area contributed by atoms with Gasteiger partial charge >= 0.3 is 0 Å². The van der Waals surface area contributed by atoms with Gasteiger partial charge in [-0.05, 0) is 33.4 Å². The molecule has 0 amide bonds. The second kappa shape index (κ2) is 22.3. The number of halogens is 12. The van der Waals surface area contributed by atoms with E-state index in [2.05, 4.69) is 0 Å². The van der Waals surface area contributed by atoms with Gasteiger partial charge in [0.15, 0.2) is 0 Å². The predicted octanol–water partition coefficient (Wildman–Crippen LogP) is 22.2. The van der Waals surface area contributed by atoms with Gasteiger partial charge in [-0.2, -0.15) is 0 Å². The molecule has 0 atom stereocenters. The molecule has 0 unspecified atom stereocenters. The van der Waals surface area contributed by atoms with Crippen LogP contribution in [0.1, 0.15) is 90.4 Å². The molecule has 0 spiro atoms. The van der Waals surface area contributed by atoms with Crippen molar-refractivity contribution in [3.8, 4) is 0 Å². The molecule has 12 heteroatoms. The van der Waals surface area contributed by atoms with Crippen LogP contribution >= 0.6 is 139 Å². The summed E-state index contributed by atoms with van der Waals surface area (Å²) >= 11 is 91.3. The van der Waals surface area contributed by atoms with E-state index in [0.29, 0.717) is 16.7 Å². The van der Waals surface area contributed by atoms with Crippen molar-refractivity contribution in [1.29, 1.82) is 0 Å². The van der Waals surface area contributed by atoms with Crippen molar-refractivity contribution in [3.63, 3.8) is 0 Å². The summed E-state index contributed by atoms with van der Waals surface area (Å²) in [5.41, 5.74) is 7.11. The molecule has 0 fully saturated rings.